The van der Waals surface area contributed by atoms with Crippen molar-refractivity contribution in [2.24, 2.45) is 0 Å². The zero-order valence-electron chi connectivity index (χ0n) is 26.8. The summed E-state index contributed by atoms with van der Waals surface area (Å²) in [6.07, 6.45) is 0. The summed E-state index contributed by atoms with van der Waals surface area (Å²) < 4.78 is 12.8. The Balaban J connectivity index is 1.07. The van der Waals surface area contributed by atoms with E-state index in [0.717, 1.165) is 83.4 Å². The van der Waals surface area contributed by atoms with Gasteiger partial charge in [-0.1, -0.05) is 139 Å². The van der Waals surface area contributed by atoms with Crippen LogP contribution in [0.5, 0.6) is 0 Å². The van der Waals surface area contributed by atoms with Crippen molar-refractivity contribution in [1.29, 1.82) is 0 Å². The maximum atomic E-state index is 4.29. The van der Waals surface area contributed by atoms with Crippen molar-refractivity contribution in [3.05, 3.63) is 45.5 Å². The van der Waals surface area contributed by atoms with E-state index in [9.17, 15) is 0 Å². The van der Waals surface area contributed by atoms with E-state index in [0.29, 0.717) is 0 Å². The summed E-state index contributed by atoms with van der Waals surface area (Å²) in [5.41, 5.74) is 0. The average molecular weight is 966 g/mol. The third kappa shape index (κ3) is 13.4. The molecule has 4 aromatic heterocycles. The van der Waals surface area contributed by atoms with E-state index in [1.807, 2.05) is 122 Å². The van der Waals surface area contributed by atoms with Crippen LogP contribution < -0.4 is 0 Å². The lowest BCUT2D eigenvalue weighted by Gasteiger charge is -2.04. The first-order chi connectivity index (χ1) is 24.4. The predicted octanol–water partition coefficient (Wildman–Crippen LogP) is 12.1. The Kier molecular flexibility index (Phi) is 18.0. The van der Waals surface area contributed by atoms with Crippen molar-refractivity contribution < 1.29 is 0 Å². The minimum atomic E-state index is 1.01. The van der Waals surface area contributed by atoms with Crippen LogP contribution in [-0.4, -0.2) is 86.8 Å². The van der Waals surface area contributed by atoms with Crippen LogP contribution in [0.4, 0.5) is 0 Å². The van der Waals surface area contributed by atoms with Crippen LogP contribution in [0.1, 0.15) is 20.0 Å². The third-order valence-electron chi connectivity index (χ3n) is 5.44. The largest absolute Gasteiger partial charge is 0.174 e. The molecule has 268 valence electrons. The van der Waals surface area contributed by atoms with Gasteiger partial charge in [-0.05, 0) is 27.7 Å². The van der Waals surface area contributed by atoms with Crippen LogP contribution in [0.25, 0.3) is 0 Å². The van der Waals surface area contributed by atoms with Gasteiger partial charge < -0.3 is 0 Å². The zero-order valence-corrected chi connectivity index (χ0v) is 39.8. The molecule has 0 fully saturated rings. The number of nitrogens with zero attached hydrogens (tertiary/aromatic N) is 8. The maximum absolute atomic E-state index is 4.29. The van der Waals surface area contributed by atoms with E-state index in [1.165, 1.54) is 25.4 Å². The van der Waals surface area contributed by atoms with E-state index in [4.69, 9.17) is 0 Å². The lowest BCUT2D eigenvalue weighted by molar-refractivity contribution is 0.984. The highest BCUT2D eigenvalue weighted by Gasteiger charge is 2.31. The second-order valence-electron chi connectivity index (χ2n) is 9.27. The Hall–Kier alpha value is 1.66. The average Bonchev–Trinajstić information content (AvgIpc) is 3.95. The van der Waals surface area contributed by atoms with Gasteiger partial charge in [-0.25, -0.2) is 0 Å². The first-order valence-electron chi connectivity index (χ1n) is 14.5. The van der Waals surface area contributed by atoms with Gasteiger partial charge in [-0.2, -0.15) is 0 Å². The second-order valence-corrected chi connectivity index (χ2v) is 29.4. The highest BCUT2D eigenvalue weighted by atomic mass is 32.3. The molecule has 0 aromatic carbocycles. The molecule has 0 unspecified atom stereocenters. The van der Waals surface area contributed by atoms with Gasteiger partial charge in [0.05, 0.1) is 25.4 Å². The molecule has 0 saturated carbocycles. The fourth-order valence-electron chi connectivity index (χ4n) is 3.47. The Morgan fingerprint density at radius 3 is 0.740 bits per heavy atom. The highest BCUT2D eigenvalue weighted by Crippen LogP contribution is 2.66. The third-order valence-corrected chi connectivity index (χ3v) is 25.9. The molecule has 6 rings (SSSR count). The monoisotopic (exact) mass is 964 g/mol. The second kappa shape index (κ2) is 21.8. The summed E-state index contributed by atoms with van der Waals surface area (Å²) in [5.74, 6) is 8.21. The van der Waals surface area contributed by atoms with E-state index in [1.54, 1.807) is 92.4 Å². The van der Waals surface area contributed by atoms with Crippen LogP contribution in [0.2, 0.25) is 0 Å². The SMILES string of the molecule is Cc1nnc(SCCSC2=C(SCCSc3nnc(C)s3)SC(=C3SC(SCCSc4nnc(C)s4)=C(SCCSc4nnc(C)s4)S3)S2)s1. The number of hydrogen-bond donors (Lipinski definition) is 0. The molecule has 0 radical (unpaired) electrons. The molecular weight excluding hydrogens is 937 g/mol. The van der Waals surface area contributed by atoms with Crippen LogP contribution in [-0.2, 0) is 0 Å². The molecule has 0 aliphatic carbocycles. The van der Waals surface area contributed by atoms with Gasteiger partial charge in [0, 0.05) is 46.0 Å². The first-order valence-corrected chi connectivity index (χ1v) is 29.0. The lowest BCUT2D eigenvalue weighted by atomic mass is 10.9. The summed E-state index contributed by atoms with van der Waals surface area (Å²) in [6.45, 7) is 8.05. The number of hydrogen-bond acceptors (Lipinski definition) is 24. The summed E-state index contributed by atoms with van der Waals surface area (Å²) in [6, 6.07) is 0. The van der Waals surface area contributed by atoms with Crippen molar-refractivity contribution in [3.63, 3.8) is 0 Å². The molecule has 2 aliphatic rings. The van der Waals surface area contributed by atoms with Gasteiger partial charge in [0.1, 0.15) is 20.0 Å². The van der Waals surface area contributed by atoms with E-state index in [-0.39, 0.29) is 0 Å². The molecule has 0 N–H and O–H groups in total. The summed E-state index contributed by atoms with van der Waals surface area (Å²) in [4.78, 5) is 0. The topological polar surface area (TPSA) is 103 Å². The molecule has 2 aliphatic heterocycles. The molecule has 6 heterocycles. The summed E-state index contributed by atoms with van der Waals surface area (Å²) in [7, 11) is 0. The predicted molar refractivity (Wildman–Crippen MR) is 243 cm³/mol. The number of aryl methyl sites for hydroxylation is 4. The molecule has 0 bridgehead atoms. The van der Waals surface area contributed by atoms with E-state index < -0.39 is 0 Å². The van der Waals surface area contributed by atoms with Crippen molar-refractivity contribution in [1.82, 2.24) is 40.8 Å². The highest BCUT2D eigenvalue weighted by molar-refractivity contribution is 8.45. The van der Waals surface area contributed by atoms with Gasteiger partial charge in [0.25, 0.3) is 0 Å². The minimum Gasteiger partial charge on any atom is -0.143 e. The molecule has 8 nitrogen and oxygen atoms in total. The minimum absolute atomic E-state index is 1.01. The fraction of sp³-hybridized carbons (Fsp3) is 0.462. The van der Waals surface area contributed by atoms with E-state index >= 15 is 0 Å². The number of thioether (sulfide) groups is 12. The molecule has 0 amide bonds. The Morgan fingerprint density at radius 2 is 0.540 bits per heavy atom. The van der Waals surface area contributed by atoms with Crippen LogP contribution >= 0.6 is 186 Å². The fourth-order valence-corrected chi connectivity index (χ4v) is 23.2. The molecule has 0 atom stereocenters. The Morgan fingerprint density at radius 1 is 0.320 bits per heavy atom. The van der Waals surface area contributed by atoms with Gasteiger partial charge in [0.15, 0.2) is 17.4 Å². The van der Waals surface area contributed by atoms with Gasteiger partial charge in [0.2, 0.25) is 0 Å². The molecule has 0 spiro atoms. The summed E-state index contributed by atoms with van der Waals surface area (Å²) in [5, 5.41) is 37.9. The van der Waals surface area contributed by atoms with E-state index in [2.05, 4.69) is 40.8 Å². The van der Waals surface area contributed by atoms with Crippen LogP contribution in [0.15, 0.2) is 42.8 Å². The van der Waals surface area contributed by atoms with Crippen LogP contribution in [0.3, 0.4) is 0 Å². The molecule has 4 aromatic rings. The van der Waals surface area contributed by atoms with Crippen molar-refractivity contribution >= 4 is 186 Å². The molecule has 24 heteroatoms. The van der Waals surface area contributed by atoms with Gasteiger partial charge in [-0.15, -0.1) is 87.8 Å². The number of rotatable bonds is 20. The Bertz CT molecular complexity index is 1560. The number of aromatic nitrogens is 8. The van der Waals surface area contributed by atoms with Crippen molar-refractivity contribution in [2.75, 3.05) is 46.0 Å². The van der Waals surface area contributed by atoms with Gasteiger partial charge in [-0.3, -0.25) is 0 Å². The lowest BCUT2D eigenvalue weighted by Crippen LogP contribution is -1.86. The Labute approximate surface area is 359 Å². The molecule has 0 saturated heterocycles. The normalized spacial score (nSPS) is 15.1. The standard InChI is InChI=1S/C26H28N8S16/c1-13-27-31-23(43-13)39-9-5-35-17-18(36-6-10-40-24-32-28-14(2)44-24)48-21(47-17)22-49-19(37-7-11-41-25-33-29-15(3)45-25)20(50-22)38-8-12-42-26-34-30-16(4)46-26/h5-12H2,1-4H3. The van der Waals surface area contributed by atoms with Crippen molar-refractivity contribution in [2.45, 2.75) is 45.1 Å². The van der Waals surface area contributed by atoms with Crippen LogP contribution in [0, 0.1) is 27.7 Å². The zero-order chi connectivity index (χ0) is 34.7. The quantitative estimate of drug-likeness (QED) is 0.0619. The smallest absolute Gasteiger partial charge is 0.143 e. The summed E-state index contributed by atoms with van der Waals surface area (Å²) >= 11 is 29.7. The maximum Gasteiger partial charge on any atom is 0.174 e. The first kappa shape index (κ1) is 41.3. The van der Waals surface area contributed by atoms with Crippen molar-refractivity contribution in [3.8, 4) is 0 Å². The molecule has 50 heavy (non-hydrogen) atoms. The molecular formula is C26H28N8S16. The van der Waals surface area contributed by atoms with Gasteiger partial charge >= 0.3 is 0 Å².